The number of aromatic nitrogens is 2. The zero-order chi connectivity index (χ0) is 17.6. The van der Waals surface area contributed by atoms with Gasteiger partial charge in [-0.25, -0.2) is 0 Å². The molecule has 0 bridgehead atoms. The number of nitrogens with one attached hydrogen (secondary N) is 1. The quantitative estimate of drug-likeness (QED) is 0.514. The minimum Gasteiger partial charge on any atom is -0.378 e. The van der Waals surface area contributed by atoms with Gasteiger partial charge in [-0.05, 0) is 43.2 Å². The summed E-state index contributed by atoms with van der Waals surface area (Å²) in [5.74, 6) is 0. The lowest BCUT2D eigenvalue weighted by molar-refractivity contribution is -0.129. The summed E-state index contributed by atoms with van der Waals surface area (Å²) in [6, 6.07) is 4.13. The first-order valence-corrected chi connectivity index (χ1v) is 9.74. The molecule has 0 atom stereocenters. The number of ether oxygens (including phenoxy) is 1. The summed E-state index contributed by atoms with van der Waals surface area (Å²) in [7, 11) is 0. The third kappa shape index (κ3) is 4.71. The van der Waals surface area contributed by atoms with Crippen LogP contribution in [0.5, 0.6) is 0 Å². The maximum Gasteiger partial charge on any atom is 0.345 e. The smallest absolute Gasteiger partial charge is 0.345 e. The second-order valence-electron chi connectivity index (χ2n) is 5.61. The monoisotopic (exact) mass is 383 g/mol. The molecular formula is C17H19F2N3OS2. The summed E-state index contributed by atoms with van der Waals surface area (Å²) in [6.45, 7) is 0.213. The molecule has 0 radical (unpaired) electrons. The van der Waals surface area contributed by atoms with Crippen LogP contribution in [-0.4, -0.2) is 23.4 Å². The zero-order valence-electron chi connectivity index (χ0n) is 13.8. The number of anilines is 1. The van der Waals surface area contributed by atoms with Crippen molar-refractivity contribution in [3.05, 3.63) is 39.0 Å². The summed E-state index contributed by atoms with van der Waals surface area (Å²) in [6.07, 6.45) is 4.02. The number of rotatable bonds is 9. The van der Waals surface area contributed by atoms with Crippen LogP contribution >= 0.6 is 22.7 Å². The molecule has 3 aromatic rings. The van der Waals surface area contributed by atoms with Gasteiger partial charge in [-0.2, -0.15) is 13.9 Å². The molecule has 0 aliphatic heterocycles. The summed E-state index contributed by atoms with van der Waals surface area (Å²) in [5, 5.41) is 13.9. The first kappa shape index (κ1) is 18.2. The molecule has 4 nitrogen and oxygen atoms in total. The van der Waals surface area contributed by atoms with E-state index in [-0.39, 0.29) is 6.61 Å². The fourth-order valence-electron chi connectivity index (χ4n) is 2.58. The second-order valence-corrected chi connectivity index (χ2v) is 7.75. The van der Waals surface area contributed by atoms with Crippen molar-refractivity contribution in [2.24, 2.45) is 0 Å². The third-order valence-electron chi connectivity index (χ3n) is 3.88. The van der Waals surface area contributed by atoms with Gasteiger partial charge in [0.05, 0.1) is 23.2 Å². The molecule has 8 heteroatoms. The molecule has 1 N–H and O–H groups in total. The van der Waals surface area contributed by atoms with Crippen LogP contribution in [0, 0.1) is 6.92 Å². The SMILES string of the molecule is Cc1c(CCCCOC(F)F)sc2c(NCc3cccs3)cnnc12. The van der Waals surface area contributed by atoms with E-state index < -0.39 is 6.61 Å². The Bertz CT molecular complexity index is 806. The number of hydrogen-bond donors (Lipinski definition) is 1. The Morgan fingerprint density at radius 2 is 2.20 bits per heavy atom. The zero-order valence-corrected chi connectivity index (χ0v) is 15.4. The van der Waals surface area contributed by atoms with Crippen LogP contribution in [0.15, 0.2) is 23.7 Å². The van der Waals surface area contributed by atoms with Crippen molar-refractivity contribution in [3.8, 4) is 0 Å². The summed E-state index contributed by atoms with van der Waals surface area (Å²) >= 11 is 3.41. The maximum atomic E-state index is 12.0. The lowest BCUT2D eigenvalue weighted by atomic mass is 10.1. The van der Waals surface area contributed by atoms with E-state index in [1.54, 1.807) is 28.9 Å². The molecule has 3 aromatic heterocycles. The predicted octanol–water partition coefficient (Wildman–Crippen LogP) is 5.24. The average molecular weight is 383 g/mol. The highest BCUT2D eigenvalue weighted by Crippen LogP contribution is 2.35. The number of thiophene rings is 2. The number of hydrogen-bond acceptors (Lipinski definition) is 6. The molecule has 0 spiro atoms. The van der Waals surface area contributed by atoms with E-state index in [2.05, 4.69) is 31.7 Å². The molecule has 0 aromatic carbocycles. The Kier molecular flexibility index (Phi) is 6.28. The molecule has 3 rings (SSSR count). The van der Waals surface area contributed by atoms with E-state index in [1.807, 2.05) is 13.0 Å². The highest BCUT2D eigenvalue weighted by Gasteiger charge is 2.13. The number of aryl methyl sites for hydroxylation is 2. The fourth-order valence-corrected chi connectivity index (χ4v) is 4.49. The minimum absolute atomic E-state index is 0.0923. The predicted molar refractivity (Wildman–Crippen MR) is 98.7 cm³/mol. The topological polar surface area (TPSA) is 47.0 Å². The highest BCUT2D eigenvalue weighted by atomic mass is 32.1. The standard InChI is InChI=1S/C17H19F2N3OS2/c1-11-14(6-2-3-7-23-17(18)19)25-16-13(10-21-22-15(11)16)20-9-12-5-4-8-24-12/h4-5,8,10,17H,2-3,6-7,9H2,1H3,(H,20,22). The van der Waals surface area contributed by atoms with Crippen LogP contribution in [0.2, 0.25) is 0 Å². The van der Waals surface area contributed by atoms with Gasteiger partial charge in [0.15, 0.2) is 0 Å². The number of alkyl halides is 2. The Labute approximate surface area is 152 Å². The number of fused-ring (bicyclic) bond motifs is 1. The largest absolute Gasteiger partial charge is 0.378 e. The van der Waals surface area contributed by atoms with E-state index in [4.69, 9.17) is 0 Å². The van der Waals surface area contributed by atoms with Gasteiger partial charge in [0.25, 0.3) is 0 Å². The molecule has 0 aliphatic carbocycles. The van der Waals surface area contributed by atoms with E-state index in [1.165, 1.54) is 9.75 Å². The van der Waals surface area contributed by atoms with Crippen LogP contribution in [0.3, 0.4) is 0 Å². The van der Waals surface area contributed by atoms with E-state index in [0.717, 1.165) is 40.9 Å². The third-order valence-corrected chi connectivity index (χ3v) is 6.13. The van der Waals surface area contributed by atoms with Gasteiger partial charge in [0.1, 0.15) is 5.52 Å². The van der Waals surface area contributed by atoms with Crippen molar-refractivity contribution < 1.29 is 13.5 Å². The molecular weight excluding hydrogens is 364 g/mol. The Hall–Kier alpha value is -1.64. The number of unbranched alkanes of at least 4 members (excludes halogenated alkanes) is 1. The highest BCUT2D eigenvalue weighted by molar-refractivity contribution is 7.19. The summed E-state index contributed by atoms with van der Waals surface area (Å²) in [4.78, 5) is 2.49. The van der Waals surface area contributed by atoms with Crippen molar-refractivity contribution in [1.82, 2.24) is 10.2 Å². The fraction of sp³-hybridized carbons (Fsp3) is 0.412. The molecule has 3 heterocycles. The number of nitrogens with zero attached hydrogens (tertiary/aromatic N) is 2. The Morgan fingerprint density at radius 3 is 2.96 bits per heavy atom. The summed E-state index contributed by atoms with van der Waals surface area (Å²) in [5.41, 5.74) is 3.03. The first-order valence-electron chi connectivity index (χ1n) is 8.05. The van der Waals surface area contributed by atoms with Crippen LogP contribution in [0.25, 0.3) is 10.2 Å². The van der Waals surface area contributed by atoms with Gasteiger partial charge in [-0.15, -0.1) is 27.8 Å². The molecule has 0 saturated heterocycles. The lowest BCUT2D eigenvalue weighted by Crippen LogP contribution is -2.01. The van der Waals surface area contributed by atoms with Gasteiger partial charge < -0.3 is 10.1 Å². The van der Waals surface area contributed by atoms with Crippen molar-refractivity contribution >= 4 is 38.6 Å². The molecule has 134 valence electrons. The normalized spacial score (nSPS) is 11.5. The average Bonchev–Trinajstić information content (AvgIpc) is 3.21. The molecule has 25 heavy (non-hydrogen) atoms. The van der Waals surface area contributed by atoms with E-state index >= 15 is 0 Å². The molecule has 0 saturated carbocycles. The Morgan fingerprint density at radius 1 is 1.32 bits per heavy atom. The van der Waals surface area contributed by atoms with Crippen LogP contribution in [-0.2, 0) is 17.7 Å². The van der Waals surface area contributed by atoms with E-state index in [0.29, 0.717) is 6.42 Å². The number of halogens is 2. The van der Waals surface area contributed by atoms with Gasteiger partial charge in [-0.3, -0.25) is 0 Å². The molecule has 0 amide bonds. The van der Waals surface area contributed by atoms with Crippen LogP contribution in [0.4, 0.5) is 14.5 Å². The molecule has 0 aliphatic rings. The van der Waals surface area contributed by atoms with Gasteiger partial charge in [-0.1, -0.05) is 6.07 Å². The Balaban J connectivity index is 1.66. The maximum absolute atomic E-state index is 12.0. The first-order chi connectivity index (χ1) is 12.1. The van der Waals surface area contributed by atoms with Crippen LogP contribution in [0.1, 0.15) is 28.2 Å². The van der Waals surface area contributed by atoms with Crippen molar-refractivity contribution in [1.29, 1.82) is 0 Å². The van der Waals surface area contributed by atoms with Crippen LogP contribution < -0.4 is 5.32 Å². The van der Waals surface area contributed by atoms with Gasteiger partial charge in [0, 0.05) is 16.3 Å². The van der Waals surface area contributed by atoms with Gasteiger partial charge in [0.2, 0.25) is 0 Å². The lowest BCUT2D eigenvalue weighted by Gasteiger charge is -2.04. The van der Waals surface area contributed by atoms with Crippen molar-refractivity contribution in [2.45, 2.75) is 39.3 Å². The summed E-state index contributed by atoms with van der Waals surface area (Å²) < 4.78 is 29.3. The minimum atomic E-state index is -2.68. The van der Waals surface area contributed by atoms with E-state index in [9.17, 15) is 8.78 Å². The molecule has 0 unspecified atom stereocenters. The second kappa shape index (κ2) is 8.64. The van der Waals surface area contributed by atoms with Gasteiger partial charge >= 0.3 is 6.61 Å². The van der Waals surface area contributed by atoms with Crippen molar-refractivity contribution in [3.63, 3.8) is 0 Å². The van der Waals surface area contributed by atoms with Crippen molar-refractivity contribution in [2.75, 3.05) is 11.9 Å². The molecule has 0 fully saturated rings.